The molecule has 2 aromatic carbocycles. The predicted molar refractivity (Wildman–Crippen MR) is 152 cm³/mol. The van der Waals surface area contributed by atoms with Crippen LogP contribution in [0.5, 0.6) is 11.5 Å². The summed E-state index contributed by atoms with van der Waals surface area (Å²) in [5, 5.41) is 10.1. The summed E-state index contributed by atoms with van der Waals surface area (Å²) in [4.78, 5) is 12.4. The number of fused-ring (bicyclic) bond motifs is 1. The third-order valence-corrected chi connectivity index (χ3v) is 8.90. The fourth-order valence-corrected chi connectivity index (χ4v) is 6.60. The number of hydrogen-bond acceptors (Lipinski definition) is 3. The normalized spacial score (nSPS) is 20.4. The predicted octanol–water partition coefficient (Wildman–Crippen LogP) is 8.81. The van der Waals surface area contributed by atoms with E-state index in [0.717, 1.165) is 56.8 Å². The van der Waals surface area contributed by atoms with Crippen LogP contribution in [0.2, 0.25) is 0 Å². The summed E-state index contributed by atoms with van der Waals surface area (Å²) >= 11 is 0. The van der Waals surface area contributed by atoms with Gasteiger partial charge in [-0.2, -0.15) is 0 Å². The lowest BCUT2D eigenvalue weighted by Gasteiger charge is -2.27. The number of carbonyl (C=O) groups excluding carboxylic acids is 1. The molecule has 0 aliphatic heterocycles. The van der Waals surface area contributed by atoms with E-state index < -0.39 is 0 Å². The molecule has 1 saturated carbocycles. The Balaban J connectivity index is 1.35. The van der Waals surface area contributed by atoms with E-state index in [1.165, 1.54) is 61.6 Å². The van der Waals surface area contributed by atoms with Crippen LogP contribution in [-0.4, -0.2) is 17.5 Å². The molecule has 4 rings (SSSR count). The lowest BCUT2D eigenvalue weighted by molar-refractivity contribution is -0.122. The van der Waals surface area contributed by atoms with E-state index in [0.29, 0.717) is 29.8 Å². The van der Waals surface area contributed by atoms with Gasteiger partial charge in [-0.1, -0.05) is 70.6 Å². The molecular formula is C34H48O3. The van der Waals surface area contributed by atoms with Crippen LogP contribution in [-0.2, 0) is 17.6 Å². The van der Waals surface area contributed by atoms with E-state index in [9.17, 15) is 9.90 Å². The van der Waals surface area contributed by atoms with Crippen molar-refractivity contribution in [3.05, 3.63) is 59.2 Å². The highest BCUT2D eigenvalue weighted by molar-refractivity contribution is 5.80. The second-order valence-corrected chi connectivity index (χ2v) is 12.0. The number of ether oxygens (including phenoxy) is 1. The van der Waals surface area contributed by atoms with Crippen LogP contribution in [0.4, 0.5) is 0 Å². The Bertz CT molecular complexity index is 971. The Morgan fingerprint density at radius 2 is 1.73 bits per heavy atom. The average molecular weight is 505 g/mol. The maximum absolute atomic E-state index is 12.4. The fraction of sp³-hybridized carbons (Fsp3) is 0.618. The highest BCUT2D eigenvalue weighted by Gasteiger charge is 2.29. The second-order valence-electron chi connectivity index (χ2n) is 12.0. The third kappa shape index (κ3) is 8.35. The number of aromatic hydroxyl groups is 1. The van der Waals surface area contributed by atoms with Gasteiger partial charge < -0.3 is 9.84 Å². The SMILES string of the molecule is CC(C)C(=O)CCC1CCCc2cc(O)ccc2C1Cc1ccc(OCCCCC2CCCCC2)cc1. The van der Waals surface area contributed by atoms with E-state index in [1.54, 1.807) is 0 Å². The summed E-state index contributed by atoms with van der Waals surface area (Å²) in [5.41, 5.74) is 3.95. The molecule has 202 valence electrons. The van der Waals surface area contributed by atoms with Crippen molar-refractivity contribution in [1.29, 1.82) is 0 Å². The van der Waals surface area contributed by atoms with Crippen LogP contribution in [0.1, 0.15) is 114 Å². The zero-order chi connectivity index (χ0) is 26.0. The number of carbonyl (C=O) groups is 1. The van der Waals surface area contributed by atoms with Crippen molar-refractivity contribution in [2.75, 3.05) is 6.61 Å². The van der Waals surface area contributed by atoms with E-state index in [1.807, 2.05) is 26.0 Å². The van der Waals surface area contributed by atoms with Crippen molar-refractivity contribution in [2.45, 2.75) is 110 Å². The van der Waals surface area contributed by atoms with Crippen LogP contribution >= 0.6 is 0 Å². The van der Waals surface area contributed by atoms with E-state index in [4.69, 9.17) is 4.74 Å². The second kappa shape index (κ2) is 14.0. The molecule has 2 aliphatic rings. The van der Waals surface area contributed by atoms with Gasteiger partial charge in [0.2, 0.25) is 0 Å². The van der Waals surface area contributed by atoms with Crippen LogP contribution in [0.3, 0.4) is 0 Å². The van der Waals surface area contributed by atoms with Crippen LogP contribution < -0.4 is 4.74 Å². The molecule has 1 N–H and O–H groups in total. The first-order chi connectivity index (χ1) is 18.0. The number of unbranched alkanes of at least 4 members (excludes halogenated alkanes) is 1. The number of phenols is 1. The van der Waals surface area contributed by atoms with Gasteiger partial charge in [-0.3, -0.25) is 4.79 Å². The standard InChI is InChI=1S/C34H48O3/c1-25(2)34(36)21-16-28-12-8-13-29-24-30(35)17-20-32(29)33(28)23-27-14-18-31(19-15-27)37-22-7-6-11-26-9-4-3-5-10-26/h14-15,17-20,24-26,28,33,35H,3-13,16,21-23H2,1-2H3. The van der Waals surface area contributed by atoms with E-state index in [-0.39, 0.29) is 5.92 Å². The number of ketones is 1. The van der Waals surface area contributed by atoms with Crippen molar-refractivity contribution in [1.82, 2.24) is 0 Å². The van der Waals surface area contributed by atoms with Crippen LogP contribution in [0, 0.1) is 17.8 Å². The molecule has 37 heavy (non-hydrogen) atoms. The molecule has 0 saturated heterocycles. The summed E-state index contributed by atoms with van der Waals surface area (Å²) < 4.78 is 6.07. The minimum Gasteiger partial charge on any atom is -0.508 e. The molecule has 2 aliphatic carbocycles. The number of aryl methyl sites for hydroxylation is 1. The van der Waals surface area contributed by atoms with E-state index in [2.05, 4.69) is 30.3 Å². The highest BCUT2D eigenvalue weighted by Crippen LogP contribution is 2.41. The maximum atomic E-state index is 12.4. The van der Waals surface area contributed by atoms with Gasteiger partial charge >= 0.3 is 0 Å². The van der Waals surface area contributed by atoms with Crippen molar-refractivity contribution < 1.29 is 14.6 Å². The molecule has 0 spiro atoms. The summed E-state index contributed by atoms with van der Waals surface area (Å²) in [5.74, 6) is 3.59. The van der Waals surface area contributed by atoms with Crippen molar-refractivity contribution in [3.63, 3.8) is 0 Å². The molecule has 0 amide bonds. The quantitative estimate of drug-likeness (QED) is 0.232. The van der Waals surface area contributed by atoms with Gasteiger partial charge in [-0.15, -0.1) is 0 Å². The Hall–Kier alpha value is -2.29. The summed E-state index contributed by atoms with van der Waals surface area (Å²) in [6.45, 7) is 4.81. The Labute approximate surface area is 225 Å². The van der Waals surface area contributed by atoms with Crippen LogP contribution in [0.25, 0.3) is 0 Å². The monoisotopic (exact) mass is 504 g/mol. The molecule has 2 unspecified atom stereocenters. The summed E-state index contributed by atoms with van der Waals surface area (Å²) in [7, 11) is 0. The smallest absolute Gasteiger partial charge is 0.135 e. The number of benzene rings is 2. The Morgan fingerprint density at radius 1 is 0.946 bits per heavy atom. The fourth-order valence-electron chi connectivity index (χ4n) is 6.60. The molecule has 3 heteroatoms. The minimum absolute atomic E-state index is 0.105. The van der Waals surface area contributed by atoms with Crippen molar-refractivity contribution in [2.24, 2.45) is 17.8 Å². The number of Topliss-reactive ketones (excluding diaryl/α,β-unsaturated/α-hetero) is 1. The van der Waals surface area contributed by atoms with Gasteiger partial charge in [0.15, 0.2) is 0 Å². The van der Waals surface area contributed by atoms with Gasteiger partial charge in [0.25, 0.3) is 0 Å². The first-order valence-corrected chi connectivity index (χ1v) is 15.1. The summed E-state index contributed by atoms with van der Waals surface area (Å²) in [6.07, 6.45) is 16.8. The van der Waals surface area contributed by atoms with Crippen molar-refractivity contribution >= 4 is 5.78 Å². The first-order valence-electron chi connectivity index (χ1n) is 15.1. The zero-order valence-corrected chi connectivity index (χ0v) is 23.2. The van der Waals surface area contributed by atoms with Gasteiger partial charge in [-0.25, -0.2) is 0 Å². The molecule has 0 heterocycles. The molecule has 0 radical (unpaired) electrons. The highest BCUT2D eigenvalue weighted by atomic mass is 16.5. The van der Waals surface area contributed by atoms with E-state index >= 15 is 0 Å². The molecule has 2 aromatic rings. The van der Waals surface area contributed by atoms with Gasteiger partial charge in [0, 0.05) is 12.3 Å². The third-order valence-electron chi connectivity index (χ3n) is 8.90. The minimum atomic E-state index is 0.105. The topological polar surface area (TPSA) is 46.5 Å². The summed E-state index contributed by atoms with van der Waals surface area (Å²) in [6, 6.07) is 14.6. The Morgan fingerprint density at radius 3 is 2.49 bits per heavy atom. The van der Waals surface area contributed by atoms with Crippen LogP contribution in [0.15, 0.2) is 42.5 Å². The largest absolute Gasteiger partial charge is 0.508 e. The van der Waals surface area contributed by atoms with Crippen molar-refractivity contribution in [3.8, 4) is 11.5 Å². The number of rotatable bonds is 12. The molecular weight excluding hydrogens is 456 g/mol. The van der Waals surface area contributed by atoms with Gasteiger partial charge in [0.1, 0.15) is 17.3 Å². The molecule has 1 fully saturated rings. The molecule has 0 bridgehead atoms. The lowest BCUT2D eigenvalue weighted by atomic mass is 9.77. The molecule has 0 aromatic heterocycles. The number of phenolic OH excluding ortho intramolecular Hbond substituents is 1. The lowest BCUT2D eigenvalue weighted by Crippen LogP contribution is -2.18. The maximum Gasteiger partial charge on any atom is 0.135 e. The Kier molecular flexibility index (Phi) is 10.5. The molecule has 2 atom stereocenters. The average Bonchev–Trinajstić information content (AvgIpc) is 3.07. The zero-order valence-electron chi connectivity index (χ0n) is 23.2. The van der Waals surface area contributed by atoms with Gasteiger partial charge in [0.05, 0.1) is 6.61 Å². The number of hydrogen-bond donors (Lipinski definition) is 1. The molecule has 3 nitrogen and oxygen atoms in total. The first kappa shape index (κ1) is 27.7. The van der Waals surface area contributed by atoms with Gasteiger partial charge in [-0.05, 0) is 104 Å².